The molecule has 0 saturated carbocycles. The fraction of sp³-hybridized carbons (Fsp3) is 0.267. The highest BCUT2D eigenvalue weighted by atomic mass is 16.6. The summed E-state index contributed by atoms with van der Waals surface area (Å²) >= 11 is 0. The van der Waals surface area contributed by atoms with Crippen LogP contribution in [0.3, 0.4) is 0 Å². The van der Waals surface area contributed by atoms with Gasteiger partial charge in [0.2, 0.25) is 5.89 Å². The zero-order valence-corrected chi connectivity index (χ0v) is 21.1. The number of nitrogens with zero attached hydrogens (tertiary/aromatic N) is 2. The molecule has 0 saturated heterocycles. The quantitative estimate of drug-likeness (QED) is 0.227. The lowest BCUT2D eigenvalue weighted by molar-refractivity contribution is 0.152. The molecular weight excluding hydrogens is 452 g/mol. The third-order valence-corrected chi connectivity index (χ3v) is 5.88. The monoisotopic (exact) mass is 484 g/mol. The summed E-state index contributed by atoms with van der Waals surface area (Å²) in [6, 6.07) is 25.2. The SMILES string of the molecule is CCN(Cc1cccc(OCCCc2nc(-c3ccccc3)oc2C)c1)C(=O)Oc1ccc(C)cc1. The summed E-state index contributed by atoms with van der Waals surface area (Å²) in [4.78, 5) is 19.0. The Morgan fingerprint density at radius 3 is 2.47 bits per heavy atom. The van der Waals surface area contributed by atoms with Gasteiger partial charge in [0.1, 0.15) is 17.3 Å². The van der Waals surface area contributed by atoms with Crippen molar-refractivity contribution in [3.63, 3.8) is 0 Å². The minimum Gasteiger partial charge on any atom is -0.494 e. The van der Waals surface area contributed by atoms with Crippen LogP contribution >= 0.6 is 0 Å². The predicted molar refractivity (Wildman–Crippen MR) is 140 cm³/mol. The van der Waals surface area contributed by atoms with Crippen molar-refractivity contribution in [3.8, 4) is 23.0 Å². The van der Waals surface area contributed by atoms with Crippen LogP contribution in [0.25, 0.3) is 11.5 Å². The molecule has 3 aromatic carbocycles. The Kier molecular flexibility index (Phi) is 8.40. The van der Waals surface area contributed by atoms with Gasteiger partial charge in [0.25, 0.3) is 0 Å². The number of rotatable bonds is 10. The Balaban J connectivity index is 1.28. The van der Waals surface area contributed by atoms with E-state index in [-0.39, 0.29) is 6.09 Å². The Hall–Kier alpha value is -4.06. The highest BCUT2D eigenvalue weighted by Crippen LogP contribution is 2.22. The highest BCUT2D eigenvalue weighted by molar-refractivity contribution is 5.70. The van der Waals surface area contributed by atoms with Crippen LogP contribution in [0.15, 0.2) is 83.3 Å². The molecule has 6 heteroatoms. The van der Waals surface area contributed by atoms with E-state index in [9.17, 15) is 4.79 Å². The summed E-state index contributed by atoms with van der Waals surface area (Å²) in [5.74, 6) is 2.81. The second-order valence-electron chi connectivity index (χ2n) is 8.68. The number of amides is 1. The van der Waals surface area contributed by atoms with Crippen LogP contribution in [-0.2, 0) is 13.0 Å². The maximum atomic E-state index is 12.6. The van der Waals surface area contributed by atoms with Crippen molar-refractivity contribution in [1.82, 2.24) is 9.88 Å². The molecule has 0 N–H and O–H groups in total. The first kappa shape index (κ1) is 25.0. The molecule has 0 spiro atoms. The number of aromatic nitrogens is 1. The van der Waals surface area contributed by atoms with Crippen LogP contribution in [0, 0.1) is 13.8 Å². The number of carbonyl (C=O) groups excluding carboxylic acids is 1. The van der Waals surface area contributed by atoms with E-state index in [0.29, 0.717) is 31.3 Å². The first-order valence-corrected chi connectivity index (χ1v) is 12.3. The lowest BCUT2D eigenvalue weighted by Crippen LogP contribution is -2.32. The van der Waals surface area contributed by atoms with Crippen LogP contribution in [0.1, 0.15) is 35.9 Å². The van der Waals surface area contributed by atoms with E-state index in [2.05, 4.69) is 4.98 Å². The molecule has 0 aliphatic rings. The van der Waals surface area contributed by atoms with Crippen molar-refractivity contribution in [2.45, 2.75) is 40.2 Å². The van der Waals surface area contributed by atoms with E-state index < -0.39 is 0 Å². The molecule has 186 valence electrons. The molecule has 4 aromatic rings. The predicted octanol–water partition coefficient (Wildman–Crippen LogP) is 6.99. The van der Waals surface area contributed by atoms with Crippen molar-refractivity contribution < 1.29 is 18.7 Å². The van der Waals surface area contributed by atoms with Gasteiger partial charge in [-0.3, -0.25) is 0 Å². The van der Waals surface area contributed by atoms with Crippen molar-refractivity contribution in [1.29, 1.82) is 0 Å². The van der Waals surface area contributed by atoms with Crippen LogP contribution in [0.2, 0.25) is 0 Å². The van der Waals surface area contributed by atoms with E-state index in [0.717, 1.165) is 46.7 Å². The third kappa shape index (κ3) is 6.75. The van der Waals surface area contributed by atoms with Gasteiger partial charge in [0, 0.05) is 18.7 Å². The summed E-state index contributed by atoms with van der Waals surface area (Å²) in [5.41, 5.74) is 4.03. The van der Waals surface area contributed by atoms with Crippen LogP contribution in [-0.4, -0.2) is 29.1 Å². The minimum absolute atomic E-state index is 0.370. The molecule has 0 atom stereocenters. The van der Waals surface area contributed by atoms with Crippen LogP contribution in [0.5, 0.6) is 11.5 Å². The maximum absolute atomic E-state index is 12.6. The molecule has 1 aromatic heterocycles. The zero-order chi connectivity index (χ0) is 25.3. The van der Waals surface area contributed by atoms with Crippen LogP contribution in [0.4, 0.5) is 4.79 Å². The standard InChI is InChI=1S/C30H32N2O4/c1-4-32(30(33)36-26-17-15-22(2)16-18-26)21-24-10-8-13-27(20-24)34-19-9-14-28-23(3)35-29(31-28)25-11-6-5-7-12-25/h5-8,10-13,15-18,20H,4,9,14,19,21H2,1-3H3. The van der Waals surface area contributed by atoms with Crippen molar-refractivity contribution in [2.75, 3.05) is 13.2 Å². The Labute approximate surface area is 212 Å². The van der Waals surface area contributed by atoms with E-state index in [4.69, 9.17) is 13.9 Å². The molecule has 1 amide bonds. The number of ether oxygens (including phenoxy) is 2. The third-order valence-electron chi connectivity index (χ3n) is 5.88. The maximum Gasteiger partial charge on any atom is 0.415 e. The molecule has 0 aliphatic heterocycles. The molecule has 0 bridgehead atoms. The fourth-order valence-electron chi connectivity index (χ4n) is 3.82. The topological polar surface area (TPSA) is 64.8 Å². The average molecular weight is 485 g/mol. The Morgan fingerprint density at radius 1 is 0.944 bits per heavy atom. The summed E-state index contributed by atoms with van der Waals surface area (Å²) in [7, 11) is 0. The molecule has 4 rings (SSSR count). The Bertz CT molecular complexity index is 1270. The number of aryl methyl sites for hydroxylation is 3. The molecular formula is C30H32N2O4. The minimum atomic E-state index is -0.370. The summed E-state index contributed by atoms with van der Waals surface area (Å²) in [6.07, 6.45) is 1.22. The normalized spacial score (nSPS) is 10.8. The molecule has 0 aliphatic carbocycles. The van der Waals surface area contributed by atoms with Crippen LogP contribution < -0.4 is 9.47 Å². The lowest BCUT2D eigenvalue weighted by atomic mass is 10.2. The van der Waals surface area contributed by atoms with Gasteiger partial charge >= 0.3 is 6.09 Å². The first-order valence-electron chi connectivity index (χ1n) is 12.3. The molecule has 0 fully saturated rings. The Morgan fingerprint density at radius 2 is 1.72 bits per heavy atom. The smallest absolute Gasteiger partial charge is 0.415 e. The highest BCUT2D eigenvalue weighted by Gasteiger charge is 2.15. The summed E-state index contributed by atoms with van der Waals surface area (Å²) in [5, 5.41) is 0. The van der Waals surface area contributed by atoms with E-state index in [1.54, 1.807) is 17.0 Å². The zero-order valence-electron chi connectivity index (χ0n) is 21.1. The molecule has 36 heavy (non-hydrogen) atoms. The molecule has 0 unspecified atom stereocenters. The van der Waals surface area contributed by atoms with Gasteiger partial charge in [-0.05, 0) is 75.6 Å². The lowest BCUT2D eigenvalue weighted by Gasteiger charge is -2.20. The summed E-state index contributed by atoms with van der Waals surface area (Å²) < 4.78 is 17.4. The van der Waals surface area contributed by atoms with E-state index >= 15 is 0 Å². The number of carbonyl (C=O) groups is 1. The largest absolute Gasteiger partial charge is 0.494 e. The fourth-order valence-corrected chi connectivity index (χ4v) is 3.82. The number of hydrogen-bond donors (Lipinski definition) is 0. The van der Waals surface area contributed by atoms with Crippen molar-refractivity contribution in [3.05, 3.63) is 101 Å². The van der Waals surface area contributed by atoms with Gasteiger partial charge in [-0.1, -0.05) is 48.0 Å². The van der Waals surface area contributed by atoms with Gasteiger partial charge in [-0.15, -0.1) is 0 Å². The molecule has 6 nitrogen and oxygen atoms in total. The summed E-state index contributed by atoms with van der Waals surface area (Å²) in [6.45, 7) is 7.42. The van der Waals surface area contributed by atoms with Gasteiger partial charge < -0.3 is 18.8 Å². The average Bonchev–Trinajstić information content (AvgIpc) is 3.27. The van der Waals surface area contributed by atoms with Gasteiger partial charge in [0.05, 0.1) is 12.3 Å². The number of oxazole rings is 1. The van der Waals surface area contributed by atoms with Gasteiger partial charge in [-0.25, -0.2) is 9.78 Å². The van der Waals surface area contributed by atoms with Gasteiger partial charge in [0.15, 0.2) is 0 Å². The number of hydrogen-bond acceptors (Lipinski definition) is 5. The van der Waals surface area contributed by atoms with E-state index in [1.165, 1.54) is 0 Å². The van der Waals surface area contributed by atoms with Crippen molar-refractivity contribution in [2.24, 2.45) is 0 Å². The molecule has 1 heterocycles. The van der Waals surface area contributed by atoms with Gasteiger partial charge in [-0.2, -0.15) is 0 Å². The second-order valence-corrected chi connectivity index (χ2v) is 8.68. The molecule has 0 radical (unpaired) electrons. The van der Waals surface area contributed by atoms with Crippen molar-refractivity contribution >= 4 is 6.09 Å². The number of benzene rings is 3. The van der Waals surface area contributed by atoms with E-state index in [1.807, 2.05) is 87.5 Å². The second kappa shape index (κ2) is 12.1. The first-order chi connectivity index (χ1) is 17.5.